The molecule has 0 atom stereocenters. The fourth-order valence-corrected chi connectivity index (χ4v) is 5.71. The number of fused-ring (bicyclic) bond motifs is 1. The summed E-state index contributed by atoms with van der Waals surface area (Å²) in [4.78, 5) is 25.4. The van der Waals surface area contributed by atoms with Crippen LogP contribution >= 0.6 is 23.2 Å². The maximum Gasteiger partial charge on any atom is 0.195 e. The lowest BCUT2D eigenvalue weighted by atomic mass is 9.82. The summed E-state index contributed by atoms with van der Waals surface area (Å²) < 4.78 is 0. The molecule has 0 unspecified atom stereocenters. The molecule has 5 rings (SSSR count). The first-order valence-corrected chi connectivity index (χ1v) is 12.9. The number of benzene rings is 2. The van der Waals surface area contributed by atoms with E-state index in [9.17, 15) is 4.79 Å². The van der Waals surface area contributed by atoms with E-state index in [4.69, 9.17) is 23.2 Å². The number of hydrogen-bond donors (Lipinski definition) is 2. The van der Waals surface area contributed by atoms with E-state index in [1.165, 1.54) is 5.56 Å². The molecule has 2 heterocycles. The number of halogens is 2. The molecular formula is C28H28Cl2N4O. The third-order valence-electron chi connectivity index (χ3n) is 7.06. The maximum absolute atomic E-state index is 13.3. The zero-order valence-corrected chi connectivity index (χ0v) is 21.2. The Balaban J connectivity index is 1.25. The Morgan fingerprint density at radius 1 is 1.03 bits per heavy atom. The fraction of sp³-hybridized carbons (Fsp3) is 0.321. The van der Waals surface area contributed by atoms with Crippen molar-refractivity contribution in [3.05, 3.63) is 87.3 Å². The van der Waals surface area contributed by atoms with Crippen LogP contribution in [0.2, 0.25) is 10.0 Å². The molecule has 1 fully saturated rings. The van der Waals surface area contributed by atoms with Crippen LogP contribution in [0.4, 0.5) is 5.82 Å². The van der Waals surface area contributed by atoms with Gasteiger partial charge in [0.2, 0.25) is 0 Å². The number of aromatic amines is 1. The summed E-state index contributed by atoms with van der Waals surface area (Å²) >= 11 is 12.3. The van der Waals surface area contributed by atoms with Crippen LogP contribution in [0.1, 0.15) is 59.2 Å². The van der Waals surface area contributed by atoms with Gasteiger partial charge in [-0.25, -0.2) is 9.97 Å². The topological polar surface area (TPSA) is 70.7 Å². The highest BCUT2D eigenvalue weighted by Gasteiger charge is 2.24. The molecular weight excluding hydrogens is 479 g/mol. The zero-order valence-electron chi connectivity index (χ0n) is 19.7. The summed E-state index contributed by atoms with van der Waals surface area (Å²) in [7, 11) is 0. The third-order valence-corrected chi connectivity index (χ3v) is 7.49. The first-order chi connectivity index (χ1) is 17.0. The summed E-state index contributed by atoms with van der Waals surface area (Å²) in [5, 5.41) is 5.78. The Labute approximate surface area is 215 Å². The SMILES string of the molecule is Cc1ccccc1C(=O)c1c[nH]c2ncnc(NC3CCC(CCc4cc(Cl)cc(Cl)c4)CC3)c12. The van der Waals surface area contributed by atoms with Gasteiger partial charge in [-0.05, 0) is 80.7 Å². The average molecular weight is 507 g/mol. The number of nitrogens with zero attached hydrogens (tertiary/aromatic N) is 2. The van der Waals surface area contributed by atoms with Crippen molar-refractivity contribution in [2.75, 3.05) is 5.32 Å². The molecule has 5 nitrogen and oxygen atoms in total. The quantitative estimate of drug-likeness (QED) is 0.256. The van der Waals surface area contributed by atoms with Crippen molar-refractivity contribution < 1.29 is 4.79 Å². The minimum absolute atomic E-state index is 0.0166. The van der Waals surface area contributed by atoms with Gasteiger partial charge in [-0.2, -0.15) is 0 Å². The summed E-state index contributed by atoms with van der Waals surface area (Å²) in [5.41, 5.74) is 4.13. The molecule has 0 amide bonds. The van der Waals surface area contributed by atoms with Crippen molar-refractivity contribution in [2.45, 2.75) is 51.5 Å². The standard InChI is InChI=1S/C28H28Cl2N4O/c1-17-4-2-3-5-23(17)26(35)24-15-31-27-25(24)28(33-16-32-27)34-22-10-8-18(9-11-22)6-7-19-12-20(29)14-21(30)13-19/h2-5,12-16,18,22H,6-11H2,1H3,(H2,31,32,33,34). The highest BCUT2D eigenvalue weighted by molar-refractivity contribution is 6.34. The van der Waals surface area contributed by atoms with Gasteiger partial charge in [-0.1, -0.05) is 47.5 Å². The predicted molar refractivity (Wildman–Crippen MR) is 143 cm³/mol. The smallest absolute Gasteiger partial charge is 0.195 e. The van der Waals surface area contributed by atoms with Crippen LogP contribution in [0.15, 0.2) is 55.0 Å². The summed E-state index contributed by atoms with van der Waals surface area (Å²) in [5.74, 6) is 1.39. The Morgan fingerprint density at radius 2 is 1.77 bits per heavy atom. The first kappa shape index (κ1) is 23.8. The normalized spacial score (nSPS) is 18.0. The Hall–Kier alpha value is -2.89. The molecule has 4 aromatic rings. The summed E-state index contributed by atoms with van der Waals surface area (Å²) in [6, 6.07) is 13.8. The molecule has 180 valence electrons. The number of aryl methyl sites for hydroxylation is 2. The Kier molecular flexibility index (Phi) is 7.07. The molecule has 0 saturated heterocycles. The van der Waals surface area contributed by atoms with Crippen molar-refractivity contribution in [3.8, 4) is 0 Å². The second kappa shape index (κ2) is 10.4. The van der Waals surface area contributed by atoms with E-state index in [0.29, 0.717) is 38.8 Å². The predicted octanol–water partition coefficient (Wildman–Crippen LogP) is 7.41. The molecule has 0 spiro atoms. The van der Waals surface area contributed by atoms with Crippen molar-refractivity contribution in [1.29, 1.82) is 0 Å². The van der Waals surface area contributed by atoms with E-state index in [0.717, 1.165) is 55.3 Å². The van der Waals surface area contributed by atoms with E-state index in [-0.39, 0.29) is 5.78 Å². The lowest BCUT2D eigenvalue weighted by Crippen LogP contribution is -2.27. The van der Waals surface area contributed by atoms with Gasteiger partial charge >= 0.3 is 0 Å². The number of ketones is 1. The van der Waals surface area contributed by atoms with E-state index in [1.807, 2.05) is 43.3 Å². The van der Waals surface area contributed by atoms with Crippen molar-refractivity contribution in [1.82, 2.24) is 15.0 Å². The number of anilines is 1. The molecule has 0 radical (unpaired) electrons. The summed E-state index contributed by atoms with van der Waals surface area (Å²) in [6.45, 7) is 1.96. The number of aromatic nitrogens is 3. The van der Waals surface area contributed by atoms with Gasteiger partial charge in [0, 0.05) is 27.8 Å². The van der Waals surface area contributed by atoms with Crippen LogP contribution in [-0.2, 0) is 6.42 Å². The largest absolute Gasteiger partial charge is 0.367 e. The number of nitrogens with one attached hydrogen (secondary N) is 2. The van der Waals surface area contributed by atoms with Crippen LogP contribution in [0, 0.1) is 12.8 Å². The number of carbonyl (C=O) groups is 1. The molecule has 2 aromatic carbocycles. The molecule has 2 N–H and O–H groups in total. The van der Waals surface area contributed by atoms with E-state index >= 15 is 0 Å². The maximum atomic E-state index is 13.3. The average Bonchev–Trinajstić information content (AvgIpc) is 3.28. The van der Waals surface area contributed by atoms with Gasteiger partial charge in [-0.3, -0.25) is 4.79 Å². The van der Waals surface area contributed by atoms with E-state index in [2.05, 4.69) is 20.3 Å². The van der Waals surface area contributed by atoms with Gasteiger partial charge in [-0.15, -0.1) is 0 Å². The van der Waals surface area contributed by atoms with Crippen LogP contribution in [-0.4, -0.2) is 26.8 Å². The summed E-state index contributed by atoms with van der Waals surface area (Å²) in [6.07, 6.45) is 9.86. The minimum atomic E-state index is -0.0166. The molecule has 1 saturated carbocycles. The number of rotatable bonds is 7. The first-order valence-electron chi connectivity index (χ1n) is 12.1. The van der Waals surface area contributed by atoms with Crippen LogP contribution in [0.5, 0.6) is 0 Å². The van der Waals surface area contributed by atoms with Crippen molar-refractivity contribution in [3.63, 3.8) is 0 Å². The fourth-order valence-electron chi connectivity index (χ4n) is 5.14. The molecule has 35 heavy (non-hydrogen) atoms. The van der Waals surface area contributed by atoms with Gasteiger partial charge in [0.1, 0.15) is 17.8 Å². The molecule has 7 heteroatoms. The minimum Gasteiger partial charge on any atom is -0.367 e. The second-order valence-electron chi connectivity index (χ2n) is 9.47. The van der Waals surface area contributed by atoms with Gasteiger partial charge in [0.15, 0.2) is 5.78 Å². The Bertz CT molecular complexity index is 1340. The van der Waals surface area contributed by atoms with Crippen molar-refractivity contribution >= 4 is 45.8 Å². The highest BCUT2D eigenvalue weighted by atomic mass is 35.5. The lowest BCUT2D eigenvalue weighted by molar-refractivity contribution is 0.103. The number of hydrogen-bond acceptors (Lipinski definition) is 4. The zero-order chi connectivity index (χ0) is 24.4. The third kappa shape index (κ3) is 5.36. The van der Waals surface area contributed by atoms with Crippen molar-refractivity contribution in [2.24, 2.45) is 5.92 Å². The molecule has 0 aliphatic heterocycles. The van der Waals surface area contributed by atoms with Crippen LogP contribution in [0.25, 0.3) is 11.0 Å². The molecule has 1 aliphatic rings. The number of H-pyrrole nitrogens is 1. The van der Waals surface area contributed by atoms with E-state index in [1.54, 1.807) is 18.6 Å². The molecule has 1 aliphatic carbocycles. The van der Waals surface area contributed by atoms with Gasteiger partial charge in [0.05, 0.1) is 10.9 Å². The Morgan fingerprint density at radius 3 is 2.51 bits per heavy atom. The van der Waals surface area contributed by atoms with E-state index < -0.39 is 0 Å². The van der Waals surface area contributed by atoms with Crippen LogP contribution < -0.4 is 5.32 Å². The second-order valence-corrected chi connectivity index (χ2v) is 10.3. The highest BCUT2D eigenvalue weighted by Crippen LogP contribution is 2.33. The number of carbonyl (C=O) groups excluding carboxylic acids is 1. The van der Waals surface area contributed by atoms with Gasteiger partial charge in [0.25, 0.3) is 0 Å². The molecule has 0 bridgehead atoms. The molecule has 2 aromatic heterocycles. The van der Waals surface area contributed by atoms with Crippen LogP contribution in [0.3, 0.4) is 0 Å². The monoisotopic (exact) mass is 506 g/mol. The lowest BCUT2D eigenvalue weighted by Gasteiger charge is -2.29. The van der Waals surface area contributed by atoms with Gasteiger partial charge < -0.3 is 10.3 Å².